The van der Waals surface area contributed by atoms with Crippen LogP contribution in [0, 0.1) is 15.5 Å². The molecule has 2 aromatic carbocycles. The molecule has 15 heteroatoms. The number of phenolic OH excluding ortho intramolecular Hbond substituents is 1. The highest BCUT2D eigenvalue weighted by atomic mass is 32.2. The number of amidine groups is 1. The van der Waals surface area contributed by atoms with E-state index in [1.807, 2.05) is 0 Å². The standard InChI is InChI=1S/C25H26N6O8S/c1-25(2)19(24(36)37)30-22(35)18(23(30)40-25)29-21(34)17(12-6-4-3-5-7-12)28-16(33)11-27-20(26)13-8-9-15(32)14(10-13)31(38)39/h3-10,17-19,23,32H,11H2,1-2H3,(H2,26,27)(H,28,33)(H,29,34)(H,36,37)/t17?,18-,19+,23-/m1/s1. The van der Waals surface area contributed by atoms with Crippen molar-refractivity contribution in [3.63, 3.8) is 0 Å². The van der Waals surface area contributed by atoms with Crippen molar-refractivity contribution < 1.29 is 34.3 Å². The number of aromatic hydroxyl groups is 1. The first-order valence-corrected chi connectivity index (χ1v) is 12.9. The molecule has 4 atom stereocenters. The lowest BCUT2D eigenvalue weighted by atomic mass is 9.95. The summed E-state index contributed by atoms with van der Waals surface area (Å²) in [6.45, 7) is 2.97. The Balaban J connectivity index is 1.43. The first kappa shape index (κ1) is 28.4. The molecule has 2 aliphatic rings. The topological polar surface area (TPSA) is 215 Å². The molecule has 2 aromatic rings. The molecule has 0 aromatic heterocycles. The molecule has 210 valence electrons. The fraction of sp³-hybridized carbons (Fsp3) is 0.320. The van der Waals surface area contributed by atoms with Crippen LogP contribution in [0.1, 0.15) is 31.0 Å². The molecule has 0 bridgehead atoms. The zero-order valence-corrected chi connectivity index (χ0v) is 22.1. The lowest BCUT2D eigenvalue weighted by Crippen LogP contribution is -2.71. The molecule has 40 heavy (non-hydrogen) atoms. The highest BCUT2D eigenvalue weighted by Crippen LogP contribution is 2.50. The third kappa shape index (κ3) is 5.40. The van der Waals surface area contributed by atoms with Crippen LogP contribution >= 0.6 is 11.8 Å². The molecular formula is C25H26N6O8S. The minimum Gasteiger partial charge on any atom is -0.502 e. The van der Waals surface area contributed by atoms with E-state index in [0.717, 1.165) is 12.1 Å². The number of hydrogen-bond donors (Lipinski definition) is 6. The smallest absolute Gasteiger partial charge is 0.327 e. The van der Waals surface area contributed by atoms with E-state index in [-0.39, 0.29) is 11.4 Å². The molecule has 2 heterocycles. The number of amides is 3. The van der Waals surface area contributed by atoms with Crippen molar-refractivity contribution >= 4 is 47.0 Å². The molecule has 2 fully saturated rings. The number of fused-ring (bicyclic) bond motifs is 1. The molecule has 2 saturated heterocycles. The van der Waals surface area contributed by atoms with Crippen LogP contribution in [0.5, 0.6) is 5.75 Å². The molecule has 0 radical (unpaired) electrons. The Kier molecular flexibility index (Phi) is 7.68. The van der Waals surface area contributed by atoms with Crippen LogP contribution in [-0.4, -0.2) is 78.3 Å². The maximum absolute atomic E-state index is 13.3. The molecule has 0 saturated carbocycles. The molecular weight excluding hydrogens is 544 g/mol. The summed E-state index contributed by atoms with van der Waals surface area (Å²) in [6, 6.07) is 8.36. The number of phenols is 1. The molecule has 14 nitrogen and oxygen atoms in total. The maximum atomic E-state index is 13.3. The Morgan fingerprint density at radius 1 is 1.20 bits per heavy atom. The van der Waals surface area contributed by atoms with Gasteiger partial charge in [0.15, 0.2) is 5.75 Å². The quantitative estimate of drug-likeness (QED) is 0.0816. The molecule has 6 N–H and O–H groups in total. The Bertz CT molecular complexity index is 1400. The second kappa shape index (κ2) is 10.8. The van der Waals surface area contributed by atoms with Crippen LogP contribution in [0.15, 0.2) is 48.5 Å². The Labute approximate surface area is 231 Å². The van der Waals surface area contributed by atoms with Crippen molar-refractivity contribution in [1.29, 1.82) is 5.41 Å². The number of benzene rings is 2. The normalized spacial score (nSPS) is 21.4. The van der Waals surface area contributed by atoms with Crippen molar-refractivity contribution in [2.45, 2.75) is 42.1 Å². The second-order valence-corrected chi connectivity index (χ2v) is 11.5. The monoisotopic (exact) mass is 570 g/mol. The Morgan fingerprint density at radius 3 is 2.50 bits per heavy atom. The number of hydrogen-bond acceptors (Lipinski definition) is 9. The van der Waals surface area contributed by atoms with Gasteiger partial charge in [0.25, 0.3) is 0 Å². The van der Waals surface area contributed by atoms with Crippen LogP contribution in [-0.2, 0) is 19.2 Å². The average Bonchev–Trinajstić information content (AvgIpc) is 3.17. The van der Waals surface area contributed by atoms with E-state index in [4.69, 9.17) is 5.41 Å². The molecule has 0 spiro atoms. The van der Waals surface area contributed by atoms with Gasteiger partial charge in [0, 0.05) is 16.4 Å². The van der Waals surface area contributed by atoms with Gasteiger partial charge in [-0.25, -0.2) is 4.79 Å². The number of nitrogens with zero attached hydrogens (tertiary/aromatic N) is 2. The van der Waals surface area contributed by atoms with Gasteiger partial charge in [-0.1, -0.05) is 30.3 Å². The van der Waals surface area contributed by atoms with Gasteiger partial charge in [-0.05, 0) is 31.5 Å². The van der Waals surface area contributed by atoms with Crippen molar-refractivity contribution in [2.24, 2.45) is 0 Å². The summed E-state index contributed by atoms with van der Waals surface area (Å²) in [4.78, 5) is 62.1. The Morgan fingerprint density at radius 2 is 1.88 bits per heavy atom. The minimum absolute atomic E-state index is 0.0550. The summed E-state index contributed by atoms with van der Waals surface area (Å²) in [7, 11) is 0. The lowest BCUT2D eigenvalue weighted by Gasteiger charge is -2.44. The fourth-order valence-corrected chi connectivity index (χ4v) is 6.26. The van der Waals surface area contributed by atoms with Crippen molar-refractivity contribution in [2.75, 3.05) is 6.54 Å². The van der Waals surface area contributed by atoms with E-state index in [1.165, 1.54) is 22.7 Å². The third-order valence-corrected chi connectivity index (χ3v) is 8.13. The zero-order chi connectivity index (χ0) is 29.4. The van der Waals surface area contributed by atoms with Gasteiger partial charge < -0.3 is 31.1 Å². The Hall–Kier alpha value is -4.66. The predicted octanol–water partition coefficient (Wildman–Crippen LogP) is 0.705. The van der Waals surface area contributed by atoms with Gasteiger partial charge in [-0.15, -0.1) is 11.8 Å². The van der Waals surface area contributed by atoms with Gasteiger partial charge in [-0.3, -0.25) is 29.9 Å². The SMILES string of the molecule is CC1(C)S[C@@H]2[C@H](NC(=O)C(NC(=O)CNC(=N)c3ccc(O)c([N+](=O)[O-])c3)c3ccccc3)C(=O)N2[C@H]1C(=O)O. The molecule has 4 rings (SSSR count). The first-order valence-electron chi connectivity index (χ1n) is 12.0. The van der Waals surface area contributed by atoms with E-state index in [0.29, 0.717) is 5.56 Å². The number of nitro groups is 1. The first-order chi connectivity index (χ1) is 18.8. The molecule has 2 aliphatic heterocycles. The summed E-state index contributed by atoms with van der Waals surface area (Å²) < 4.78 is -0.771. The van der Waals surface area contributed by atoms with Crippen LogP contribution < -0.4 is 16.0 Å². The van der Waals surface area contributed by atoms with Crippen LogP contribution in [0.25, 0.3) is 0 Å². The van der Waals surface area contributed by atoms with E-state index in [9.17, 15) is 39.5 Å². The number of aliphatic carboxylic acids is 1. The highest BCUT2D eigenvalue weighted by Gasteiger charge is 2.64. The number of thioether (sulfide) groups is 1. The summed E-state index contributed by atoms with van der Waals surface area (Å²) in [5, 5.41) is 45.5. The van der Waals surface area contributed by atoms with Crippen molar-refractivity contribution in [3.05, 3.63) is 69.8 Å². The van der Waals surface area contributed by atoms with E-state index in [1.54, 1.807) is 44.2 Å². The second-order valence-electron chi connectivity index (χ2n) is 9.68. The van der Waals surface area contributed by atoms with Gasteiger partial charge >= 0.3 is 11.7 Å². The predicted molar refractivity (Wildman–Crippen MR) is 143 cm³/mol. The molecule has 1 unspecified atom stereocenters. The number of carboxylic acid groups (broad SMARTS) is 1. The van der Waals surface area contributed by atoms with Crippen molar-refractivity contribution in [1.82, 2.24) is 20.9 Å². The van der Waals surface area contributed by atoms with Crippen LogP contribution in [0.4, 0.5) is 5.69 Å². The molecule has 0 aliphatic carbocycles. The van der Waals surface area contributed by atoms with Crippen LogP contribution in [0.3, 0.4) is 0 Å². The van der Waals surface area contributed by atoms with E-state index >= 15 is 0 Å². The van der Waals surface area contributed by atoms with Gasteiger partial charge in [0.1, 0.15) is 29.3 Å². The van der Waals surface area contributed by atoms with Gasteiger partial charge in [0.05, 0.1) is 11.5 Å². The zero-order valence-electron chi connectivity index (χ0n) is 21.3. The van der Waals surface area contributed by atoms with Gasteiger partial charge in [0.2, 0.25) is 17.7 Å². The number of carbonyl (C=O) groups is 4. The minimum atomic E-state index is -1.21. The van der Waals surface area contributed by atoms with E-state index in [2.05, 4.69) is 16.0 Å². The summed E-state index contributed by atoms with van der Waals surface area (Å²) in [5.74, 6) is -3.92. The summed E-state index contributed by atoms with van der Waals surface area (Å²) >= 11 is 1.27. The number of rotatable bonds is 9. The fourth-order valence-electron chi connectivity index (χ4n) is 4.64. The maximum Gasteiger partial charge on any atom is 0.327 e. The largest absolute Gasteiger partial charge is 0.502 e. The number of nitro benzene ring substituents is 1. The number of carbonyl (C=O) groups excluding carboxylic acids is 3. The number of carboxylic acids is 1. The molecule has 3 amide bonds. The highest BCUT2D eigenvalue weighted by molar-refractivity contribution is 8.01. The average molecular weight is 571 g/mol. The lowest BCUT2D eigenvalue weighted by molar-refractivity contribution is -0.385. The van der Waals surface area contributed by atoms with Crippen molar-refractivity contribution in [3.8, 4) is 5.75 Å². The summed E-state index contributed by atoms with van der Waals surface area (Å²) in [6.07, 6.45) is 0. The van der Waals surface area contributed by atoms with Gasteiger partial charge in [-0.2, -0.15) is 0 Å². The summed E-state index contributed by atoms with van der Waals surface area (Å²) in [5.41, 5.74) is -0.125. The number of nitrogens with one attached hydrogen (secondary N) is 4. The van der Waals surface area contributed by atoms with Crippen LogP contribution in [0.2, 0.25) is 0 Å². The number of β-lactam (4-membered cyclic amide) rings is 1. The third-order valence-electron chi connectivity index (χ3n) is 6.56. The van der Waals surface area contributed by atoms with E-state index < -0.39 is 74.8 Å².